The molecule has 0 fully saturated rings. The molecular weight excluding hydrogens is 332 g/mol. The zero-order valence-electron chi connectivity index (χ0n) is 14.4. The van der Waals surface area contributed by atoms with Crippen molar-refractivity contribution in [3.05, 3.63) is 60.2 Å². The van der Waals surface area contributed by atoms with Gasteiger partial charge in [0, 0.05) is 12.2 Å². The summed E-state index contributed by atoms with van der Waals surface area (Å²) in [7, 11) is 1.59. The SMILES string of the molecule is COc1ccc(NC2=NC(C(=O)NCc3ccccc3)CC(=O)N2)cc1. The Balaban J connectivity index is 1.63. The van der Waals surface area contributed by atoms with Gasteiger partial charge in [-0.3, -0.25) is 14.9 Å². The highest BCUT2D eigenvalue weighted by atomic mass is 16.5. The summed E-state index contributed by atoms with van der Waals surface area (Å²) in [6.45, 7) is 0.397. The number of nitrogens with one attached hydrogen (secondary N) is 3. The van der Waals surface area contributed by atoms with Crippen LogP contribution in [-0.4, -0.2) is 30.9 Å². The topological polar surface area (TPSA) is 91.8 Å². The number of aliphatic imine (C=N–C) groups is 1. The summed E-state index contributed by atoms with van der Waals surface area (Å²) in [4.78, 5) is 28.6. The summed E-state index contributed by atoms with van der Waals surface area (Å²) in [5, 5.41) is 8.46. The van der Waals surface area contributed by atoms with Crippen molar-refractivity contribution in [1.29, 1.82) is 0 Å². The number of methoxy groups -OCH3 is 1. The van der Waals surface area contributed by atoms with Crippen molar-refractivity contribution in [3.63, 3.8) is 0 Å². The van der Waals surface area contributed by atoms with Crippen molar-refractivity contribution < 1.29 is 14.3 Å². The number of benzene rings is 2. The molecule has 1 atom stereocenters. The van der Waals surface area contributed by atoms with Gasteiger partial charge >= 0.3 is 0 Å². The molecular formula is C19H20N4O3. The highest BCUT2D eigenvalue weighted by Crippen LogP contribution is 2.15. The average Bonchev–Trinajstić information content (AvgIpc) is 2.67. The number of anilines is 1. The molecule has 1 aliphatic heterocycles. The van der Waals surface area contributed by atoms with Crippen molar-refractivity contribution in [2.24, 2.45) is 4.99 Å². The molecule has 134 valence electrons. The molecule has 0 radical (unpaired) electrons. The second-order valence-electron chi connectivity index (χ2n) is 5.80. The van der Waals surface area contributed by atoms with Crippen LogP contribution in [0.3, 0.4) is 0 Å². The van der Waals surface area contributed by atoms with Gasteiger partial charge in [0.25, 0.3) is 0 Å². The van der Waals surface area contributed by atoms with E-state index in [0.29, 0.717) is 6.54 Å². The van der Waals surface area contributed by atoms with E-state index >= 15 is 0 Å². The molecule has 1 aliphatic rings. The molecule has 1 heterocycles. The minimum Gasteiger partial charge on any atom is -0.497 e. The van der Waals surface area contributed by atoms with Gasteiger partial charge in [-0.15, -0.1) is 0 Å². The molecule has 0 bridgehead atoms. The standard InChI is InChI=1S/C19H20N4O3/c1-26-15-9-7-14(8-10-15)21-19-22-16(11-17(24)23-19)18(25)20-12-13-5-3-2-4-6-13/h2-10,16H,11-12H2,1H3,(H,20,25)(H2,21,22,23,24). The van der Waals surface area contributed by atoms with Crippen molar-refractivity contribution >= 4 is 23.5 Å². The van der Waals surface area contributed by atoms with E-state index in [9.17, 15) is 9.59 Å². The van der Waals surface area contributed by atoms with Gasteiger partial charge in [-0.1, -0.05) is 30.3 Å². The quantitative estimate of drug-likeness (QED) is 0.763. The summed E-state index contributed by atoms with van der Waals surface area (Å²) in [5.74, 6) is 0.447. The third-order valence-electron chi connectivity index (χ3n) is 3.89. The molecule has 0 saturated carbocycles. The highest BCUT2D eigenvalue weighted by molar-refractivity contribution is 6.08. The van der Waals surface area contributed by atoms with E-state index < -0.39 is 6.04 Å². The number of guanidine groups is 1. The lowest BCUT2D eigenvalue weighted by Crippen LogP contribution is -2.47. The first-order valence-electron chi connectivity index (χ1n) is 8.24. The zero-order chi connectivity index (χ0) is 18.4. The third kappa shape index (κ3) is 4.60. The Bertz CT molecular complexity index is 803. The Morgan fingerprint density at radius 3 is 2.62 bits per heavy atom. The second-order valence-corrected chi connectivity index (χ2v) is 5.80. The van der Waals surface area contributed by atoms with Gasteiger partial charge in [0.15, 0.2) is 0 Å². The summed E-state index contributed by atoms with van der Waals surface area (Å²) in [6.07, 6.45) is 0.0222. The number of ether oxygens (including phenoxy) is 1. The van der Waals surface area contributed by atoms with Gasteiger partial charge in [0.2, 0.25) is 17.8 Å². The van der Waals surface area contributed by atoms with Crippen molar-refractivity contribution in [2.75, 3.05) is 12.4 Å². The Kier molecular flexibility index (Phi) is 5.48. The third-order valence-corrected chi connectivity index (χ3v) is 3.89. The van der Waals surface area contributed by atoms with Crippen LogP contribution in [0.2, 0.25) is 0 Å². The maximum Gasteiger partial charge on any atom is 0.245 e. The van der Waals surface area contributed by atoms with Crippen molar-refractivity contribution in [3.8, 4) is 5.75 Å². The second kappa shape index (κ2) is 8.15. The molecule has 3 N–H and O–H groups in total. The van der Waals surface area contributed by atoms with Crippen LogP contribution in [0.4, 0.5) is 5.69 Å². The zero-order valence-corrected chi connectivity index (χ0v) is 14.4. The molecule has 1 unspecified atom stereocenters. The maximum atomic E-state index is 12.4. The van der Waals surface area contributed by atoms with E-state index in [-0.39, 0.29) is 24.2 Å². The average molecular weight is 352 g/mol. The van der Waals surface area contributed by atoms with Crippen LogP contribution in [0.5, 0.6) is 5.75 Å². The Morgan fingerprint density at radius 2 is 1.92 bits per heavy atom. The molecule has 2 aromatic rings. The summed E-state index contributed by atoms with van der Waals surface area (Å²) in [6, 6.07) is 16.0. The van der Waals surface area contributed by atoms with Crippen LogP contribution in [-0.2, 0) is 16.1 Å². The summed E-state index contributed by atoms with van der Waals surface area (Å²) in [5.41, 5.74) is 1.72. The fourth-order valence-corrected chi connectivity index (χ4v) is 2.52. The Hall–Kier alpha value is -3.35. The summed E-state index contributed by atoms with van der Waals surface area (Å²) < 4.78 is 5.11. The number of amides is 2. The lowest BCUT2D eigenvalue weighted by atomic mass is 10.1. The van der Waals surface area contributed by atoms with Crippen LogP contribution in [0.25, 0.3) is 0 Å². The predicted octanol–water partition coefficient (Wildman–Crippen LogP) is 1.67. The Morgan fingerprint density at radius 1 is 1.19 bits per heavy atom. The molecule has 2 amide bonds. The predicted molar refractivity (Wildman–Crippen MR) is 98.9 cm³/mol. The van der Waals surface area contributed by atoms with E-state index in [1.165, 1.54) is 0 Å². The van der Waals surface area contributed by atoms with E-state index in [2.05, 4.69) is 20.9 Å². The van der Waals surface area contributed by atoms with Crippen LogP contribution in [0.1, 0.15) is 12.0 Å². The first kappa shape index (κ1) is 17.5. The molecule has 26 heavy (non-hydrogen) atoms. The van der Waals surface area contributed by atoms with Crippen LogP contribution < -0.4 is 20.7 Å². The molecule has 2 aromatic carbocycles. The molecule has 7 nitrogen and oxygen atoms in total. The fraction of sp³-hybridized carbons (Fsp3) is 0.211. The molecule has 0 aliphatic carbocycles. The highest BCUT2D eigenvalue weighted by Gasteiger charge is 2.26. The van der Waals surface area contributed by atoms with Crippen LogP contribution in [0.15, 0.2) is 59.6 Å². The van der Waals surface area contributed by atoms with Gasteiger partial charge in [0.1, 0.15) is 11.8 Å². The smallest absolute Gasteiger partial charge is 0.245 e. The first-order chi connectivity index (χ1) is 12.6. The van der Waals surface area contributed by atoms with E-state index in [0.717, 1.165) is 17.0 Å². The number of hydrogen-bond acceptors (Lipinski definition) is 5. The van der Waals surface area contributed by atoms with Gasteiger partial charge in [0.05, 0.1) is 13.5 Å². The number of carbonyl (C=O) groups excluding carboxylic acids is 2. The first-order valence-corrected chi connectivity index (χ1v) is 8.24. The minimum absolute atomic E-state index is 0.0222. The summed E-state index contributed by atoms with van der Waals surface area (Å²) >= 11 is 0. The van der Waals surface area contributed by atoms with Crippen LogP contribution in [0, 0.1) is 0 Å². The van der Waals surface area contributed by atoms with E-state index in [1.54, 1.807) is 31.4 Å². The molecule has 3 rings (SSSR count). The number of hydrogen-bond donors (Lipinski definition) is 3. The van der Waals surface area contributed by atoms with Crippen LogP contribution >= 0.6 is 0 Å². The van der Waals surface area contributed by atoms with Crippen molar-refractivity contribution in [1.82, 2.24) is 10.6 Å². The monoisotopic (exact) mass is 352 g/mol. The lowest BCUT2D eigenvalue weighted by Gasteiger charge is -2.21. The van der Waals surface area contributed by atoms with Gasteiger partial charge in [-0.2, -0.15) is 0 Å². The largest absolute Gasteiger partial charge is 0.497 e. The minimum atomic E-state index is -0.756. The number of carbonyl (C=O) groups is 2. The van der Waals surface area contributed by atoms with Gasteiger partial charge in [-0.05, 0) is 29.8 Å². The molecule has 0 saturated heterocycles. The molecule has 0 aromatic heterocycles. The maximum absolute atomic E-state index is 12.4. The number of nitrogens with zero attached hydrogens (tertiary/aromatic N) is 1. The number of rotatable bonds is 5. The normalized spacial score (nSPS) is 16.3. The fourth-order valence-electron chi connectivity index (χ4n) is 2.52. The lowest BCUT2D eigenvalue weighted by molar-refractivity contribution is -0.127. The van der Waals surface area contributed by atoms with E-state index in [4.69, 9.17) is 4.74 Å². The Labute approximate surface area is 151 Å². The molecule has 0 spiro atoms. The van der Waals surface area contributed by atoms with Gasteiger partial charge < -0.3 is 15.4 Å². The van der Waals surface area contributed by atoms with Crippen molar-refractivity contribution in [2.45, 2.75) is 19.0 Å². The van der Waals surface area contributed by atoms with Gasteiger partial charge in [-0.25, -0.2) is 4.99 Å². The molecule has 7 heteroatoms. The van der Waals surface area contributed by atoms with E-state index in [1.807, 2.05) is 30.3 Å².